The van der Waals surface area contributed by atoms with Gasteiger partial charge in [0.05, 0.1) is 32.0 Å². The lowest BCUT2D eigenvalue weighted by molar-refractivity contribution is -0.145. The zero-order valence-electron chi connectivity index (χ0n) is 25.2. The largest absolute Gasteiger partial charge is 0.462 e. The van der Waals surface area contributed by atoms with Gasteiger partial charge in [-0.25, -0.2) is 4.79 Å². The van der Waals surface area contributed by atoms with Gasteiger partial charge in [-0.1, -0.05) is 58.6 Å². The first-order valence-corrected chi connectivity index (χ1v) is 16.4. The molecule has 40 heavy (non-hydrogen) atoms. The Hall–Kier alpha value is -1.21. The summed E-state index contributed by atoms with van der Waals surface area (Å²) in [5.74, 6) is 4.23. The highest BCUT2D eigenvalue weighted by atomic mass is 16.6. The number of esters is 1. The van der Waals surface area contributed by atoms with Crippen molar-refractivity contribution in [1.29, 1.82) is 0 Å². The molecule has 3 saturated carbocycles. The molecule has 3 fully saturated rings. The number of rotatable bonds is 16. The number of unbranched alkanes of at least 4 members (excludes halogenated alkanes) is 2. The highest BCUT2D eigenvalue weighted by Gasteiger charge is 2.36. The van der Waals surface area contributed by atoms with Crippen molar-refractivity contribution in [3.05, 3.63) is 24.3 Å². The second-order valence-corrected chi connectivity index (χ2v) is 13.2. The minimum Gasteiger partial charge on any atom is -0.462 e. The van der Waals surface area contributed by atoms with Crippen LogP contribution in [0.5, 0.6) is 0 Å². The first-order valence-electron chi connectivity index (χ1n) is 16.4. The van der Waals surface area contributed by atoms with Crippen molar-refractivity contribution in [3.8, 4) is 0 Å². The van der Waals surface area contributed by atoms with Gasteiger partial charge in [0.15, 0.2) is 6.29 Å². The van der Waals surface area contributed by atoms with Crippen LogP contribution in [-0.2, 0) is 14.3 Å². The molecule has 2 unspecified atom stereocenters. The van der Waals surface area contributed by atoms with E-state index in [2.05, 4.69) is 20.1 Å². The Labute approximate surface area is 243 Å². The van der Waals surface area contributed by atoms with E-state index in [9.17, 15) is 20.1 Å². The molecule has 0 spiro atoms. The van der Waals surface area contributed by atoms with E-state index in [1.165, 1.54) is 89.9 Å². The van der Waals surface area contributed by atoms with Crippen molar-refractivity contribution in [3.63, 3.8) is 0 Å². The van der Waals surface area contributed by atoms with Gasteiger partial charge in [0.2, 0.25) is 0 Å². The molecule has 0 heterocycles. The average molecular weight is 563 g/mol. The van der Waals surface area contributed by atoms with Crippen LogP contribution in [0.2, 0.25) is 0 Å². The van der Waals surface area contributed by atoms with Gasteiger partial charge in [0, 0.05) is 11.5 Å². The Bertz CT molecular complexity index is 756. The monoisotopic (exact) mass is 562 g/mol. The molecular weight excluding hydrogens is 504 g/mol. The van der Waals surface area contributed by atoms with Gasteiger partial charge in [-0.05, 0) is 99.7 Å². The Morgan fingerprint density at radius 1 is 0.775 bits per heavy atom. The maximum atomic E-state index is 12.1. The second kappa shape index (κ2) is 17.7. The van der Waals surface area contributed by atoms with Crippen LogP contribution < -0.4 is 0 Å². The average Bonchev–Trinajstić information content (AvgIpc) is 3.00. The van der Waals surface area contributed by atoms with Gasteiger partial charge < -0.3 is 24.8 Å². The van der Waals surface area contributed by atoms with E-state index in [1.807, 2.05) is 0 Å². The molecule has 2 atom stereocenters. The Morgan fingerprint density at radius 2 is 1.30 bits per heavy atom. The topological polar surface area (TPSA) is 96.2 Å². The third-order valence-corrected chi connectivity index (χ3v) is 10.7. The number of hydrogen-bond donors (Lipinski definition) is 3. The lowest BCUT2D eigenvalue weighted by Crippen LogP contribution is -2.34. The molecule has 0 bridgehead atoms. The summed E-state index contributed by atoms with van der Waals surface area (Å²) >= 11 is 0. The standard InChI is InChI=1S/C34H58O6/c1-4-5-6-7-26-8-10-27(11-9-26)28-12-14-29(15-13-28)30-16-18-31(19-17-30)32(22-39-33(37)24(2)20-35)23-40-34(38)25(3)21-36/h26-33,35-37H,2-23H2,1H3. The third kappa shape index (κ3) is 10.3. The summed E-state index contributed by atoms with van der Waals surface area (Å²) in [6, 6.07) is 0. The van der Waals surface area contributed by atoms with Crippen LogP contribution >= 0.6 is 0 Å². The number of carbonyl (C=O) groups excluding carboxylic acids is 1. The lowest BCUT2D eigenvalue weighted by atomic mass is 9.64. The second-order valence-electron chi connectivity index (χ2n) is 13.2. The van der Waals surface area contributed by atoms with Crippen LogP contribution in [0.15, 0.2) is 24.3 Å². The molecule has 0 aliphatic heterocycles. The molecule has 0 aromatic rings. The SMILES string of the molecule is C=C(CO)C(=O)OCC(COC(O)C(=C)CO)C1CCC(C2CCC(C3CCC(CCCCC)CC3)CC2)CC1. The first kappa shape index (κ1) is 33.3. The van der Waals surface area contributed by atoms with E-state index in [0.29, 0.717) is 5.92 Å². The van der Waals surface area contributed by atoms with E-state index in [4.69, 9.17) is 9.47 Å². The fourth-order valence-corrected chi connectivity index (χ4v) is 7.89. The molecule has 0 saturated heterocycles. The van der Waals surface area contributed by atoms with Gasteiger partial charge in [0.25, 0.3) is 0 Å². The molecule has 3 rings (SSSR count). The number of aliphatic hydroxyl groups excluding tert-OH is 3. The summed E-state index contributed by atoms with van der Waals surface area (Å²) in [4.78, 5) is 12.1. The lowest BCUT2D eigenvalue weighted by Gasteiger charge is -2.42. The van der Waals surface area contributed by atoms with Gasteiger partial charge in [-0.15, -0.1) is 0 Å². The van der Waals surface area contributed by atoms with E-state index in [-0.39, 0.29) is 36.9 Å². The molecule has 0 aromatic carbocycles. The first-order chi connectivity index (χ1) is 19.4. The summed E-state index contributed by atoms with van der Waals surface area (Å²) in [7, 11) is 0. The zero-order valence-corrected chi connectivity index (χ0v) is 25.2. The highest BCUT2D eigenvalue weighted by Crippen LogP contribution is 2.47. The summed E-state index contributed by atoms with van der Waals surface area (Å²) in [5, 5.41) is 28.5. The van der Waals surface area contributed by atoms with Crippen molar-refractivity contribution < 1.29 is 29.6 Å². The van der Waals surface area contributed by atoms with Gasteiger partial charge >= 0.3 is 5.97 Å². The van der Waals surface area contributed by atoms with Crippen molar-refractivity contribution in [2.45, 2.75) is 116 Å². The molecule has 0 aromatic heterocycles. The van der Waals surface area contributed by atoms with Crippen LogP contribution in [0.25, 0.3) is 0 Å². The molecule has 0 radical (unpaired) electrons. The molecule has 6 heteroatoms. The van der Waals surface area contributed by atoms with Crippen molar-refractivity contribution in [2.75, 3.05) is 26.4 Å². The zero-order chi connectivity index (χ0) is 28.9. The molecule has 0 amide bonds. The number of carbonyl (C=O) groups is 1. The molecule has 3 aliphatic rings. The summed E-state index contributed by atoms with van der Waals surface area (Å²) in [6.07, 6.45) is 20.4. The quantitative estimate of drug-likeness (QED) is 0.0647. The maximum Gasteiger partial charge on any atom is 0.335 e. The third-order valence-electron chi connectivity index (χ3n) is 10.7. The number of hydrogen-bond acceptors (Lipinski definition) is 6. The van der Waals surface area contributed by atoms with Crippen LogP contribution in [0.4, 0.5) is 0 Å². The Kier molecular flexibility index (Phi) is 14.7. The molecule has 3 aliphatic carbocycles. The normalized spacial score (nSPS) is 30.8. The minimum absolute atomic E-state index is 0.0349. The summed E-state index contributed by atoms with van der Waals surface area (Å²) < 4.78 is 11.0. The predicted molar refractivity (Wildman–Crippen MR) is 159 cm³/mol. The highest BCUT2D eigenvalue weighted by molar-refractivity contribution is 5.87. The Morgan fingerprint density at radius 3 is 1.80 bits per heavy atom. The van der Waals surface area contributed by atoms with Gasteiger partial charge in [0.1, 0.15) is 0 Å². The van der Waals surface area contributed by atoms with Crippen molar-refractivity contribution in [1.82, 2.24) is 0 Å². The van der Waals surface area contributed by atoms with Crippen LogP contribution in [0.1, 0.15) is 110 Å². The minimum atomic E-state index is -1.24. The van der Waals surface area contributed by atoms with E-state index in [0.717, 1.165) is 42.4 Å². The van der Waals surface area contributed by atoms with Crippen molar-refractivity contribution >= 4 is 5.97 Å². The van der Waals surface area contributed by atoms with Crippen LogP contribution in [0, 0.1) is 41.4 Å². The number of ether oxygens (including phenoxy) is 2. The maximum absolute atomic E-state index is 12.1. The van der Waals surface area contributed by atoms with Crippen molar-refractivity contribution in [2.24, 2.45) is 41.4 Å². The van der Waals surface area contributed by atoms with E-state index in [1.54, 1.807) is 0 Å². The Balaban J connectivity index is 1.42. The molecule has 3 N–H and O–H groups in total. The smallest absolute Gasteiger partial charge is 0.335 e. The van der Waals surface area contributed by atoms with E-state index < -0.39 is 18.9 Å². The van der Waals surface area contributed by atoms with Gasteiger partial charge in [-0.2, -0.15) is 0 Å². The molecule has 6 nitrogen and oxygen atoms in total. The fraction of sp³-hybridized carbons (Fsp3) is 0.853. The summed E-state index contributed by atoms with van der Waals surface area (Å²) in [5.41, 5.74) is 0.247. The molecule has 230 valence electrons. The van der Waals surface area contributed by atoms with Crippen LogP contribution in [-0.4, -0.2) is 54.0 Å². The predicted octanol–water partition coefficient (Wildman–Crippen LogP) is 6.58. The van der Waals surface area contributed by atoms with E-state index >= 15 is 0 Å². The molecular formula is C34H58O6. The number of aliphatic hydroxyl groups is 3. The van der Waals surface area contributed by atoms with Gasteiger partial charge in [-0.3, -0.25) is 0 Å². The van der Waals surface area contributed by atoms with Crippen LogP contribution in [0.3, 0.4) is 0 Å². The fourth-order valence-electron chi connectivity index (χ4n) is 7.89. The summed E-state index contributed by atoms with van der Waals surface area (Å²) in [6.45, 7) is 9.10.